The first-order chi connectivity index (χ1) is 7.06. The van der Waals surface area contributed by atoms with Crippen LogP contribution in [-0.4, -0.2) is 22.6 Å². The van der Waals surface area contributed by atoms with Crippen molar-refractivity contribution in [3.8, 4) is 6.07 Å². The summed E-state index contributed by atoms with van der Waals surface area (Å²) in [4.78, 5) is 0. The van der Waals surface area contributed by atoms with E-state index < -0.39 is 0 Å². The molecule has 0 aromatic rings. The van der Waals surface area contributed by atoms with Crippen molar-refractivity contribution < 1.29 is 0 Å². The monoisotopic (exact) mass is 226 g/mol. The summed E-state index contributed by atoms with van der Waals surface area (Å²) in [5.41, 5.74) is -0.293. The van der Waals surface area contributed by atoms with Gasteiger partial charge >= 0.3 is 0 Å². The van der Waals surface area contributed by atoms with Gasteiger partial charge in [-0.2, -0.15) is 17.0 Å². The first kappa shape index (κ1) is 12.9. The fourth-order valence-corrected chi connectivity index (χ4v) is 2.37. The van der Waals surface area contributed by atoms with E-state index in [1.807, 2.05) is 18.7 Å². The maximum atomic E-state index is 9.15. The maximum Gasteiger partial charge on any atom is 0.104 e. The van der Waals surface area contributed by atoms with Gasteiger partial charge in [0, 0.05) is 6.04 Å². The Morgan fingerprint density at radius 1 is 1.53 bits per heavy atom. The Hall–Kier alpha value is -0.200. The van der Waals surface area contributed by atoms with Crippen LogP contribution >= 0.6 is 11.8 Å². The van der Waals surface area contributed by atoms with E-state index in [2.05, 4.69) is 25.2 Å². The summed E-state index contributed by atoms with van der Waals surface area (Å²) >= 11 is 1.98. The Kier molecular flexibility index (Phi) is 4.95. The molecule has 1 atom stereocenters. The standard InChI is InChI=1S/C12H22N2S/c1-10(2)15-8-4-7-12(3,9-13)14-11-5-6-11/h10-11,14H,4-8H2,1-3H3. The van der Waals surface area contributed by atoms with Crippen molar-refractivity contribution in [3.63, 3.8) is 0 Å². The summed E-state index contributed by atoms with van der Waals surface area (Å²) in [6.07, 6.45) is 4.60. The fraction of sp³-hybridized carbons (Fsp3) is 0.917. The molecule has 3 heteroatoms. The van der Waals surface area contributed by atoms with Crippen LogP contribution in [0.3, 0.4) is 0 Å². The maximum absolute atomic E-state index is 9.15. The van der Waals surface area contributed by atoms with Crippen LogP contribution in [0.15, 0.2) is 0 Å². The van der Waals surface area contributed by atoms with Gasteiger partial charge in [-0.1, -0.05) is 13.8 Å². The van der Waals surface area contributed by atoms with Crippen LogP contribution in [0.2, 0.25) is 0 Å². The molecule has 1 rings (SSSR count). The molecule has 0 aromatic heterocycles. The van der Waals surface area contributed by atoms with Gasteiger partial charge in [0.1, 0.15) is 5.54 Å². The smallest absolute Gasteiger partial charge is 0.104 e. The summed E-state index contributed by atoms with van der Waals surface area (Å²) in [6.45, 7) is 6.47. The molecular weight excluding hydrogens is 204 g/mol. The van der Waals surface area contributed by atoms with Crippen molar-refractivity contribution in [1.82, 2.24) is 5.32 Å². The quantitative estimate of drug-likeness (QED) is 0.678. The van der Waals surface area contributed by atoms with Gasteiger partial charge in [-0.05, 0) is 43.6 Å². The summed E-state index contributed by atoms with van der Waals surface area (Å²) in [5.74, 6) is 1.17. The van der Waals surface area contributed by atoms with E-state index >= 15 is 0 Å². The highest BCUT2D eigenvalue weighted by Gasteiger charge is 2.31. The summed E-state index contributed by atoms with van der Waals surface area (Å²) in [7, 11) is 0. The number of thioether (sulfide) groups is 1. The van der Waals surface area contributed by atoms with E-state index in [0.29, 0.717) is 11.3 Å². The molecule has 0 amide bonds. The van der Waals surface area contributed by atoms with Gasteiger partial charge < -0.3 is 0 Å². The fourth-order valence-electron chi connectivity index (χ4n) is 1.58. The highest BCUT2D eigenvalue weighted by atomic mass is 32.2. The number of rotatable bonds is 7. The number of hydrogen-bond donors (Lipinski definition) is 1. The second kappa shape index (κ2) is 5.77. The zero-order valence-electron chi connectivity index (χ0n) is 10.0. The number of nitriles is 1. The molecule has 1 aliphatic rings. The molecule has 1 unspecified atom stereocenters. The van der Waals surface area contributed by atoms with Gasteiger partial charge in [0.15, 0.2) is 0 Å². The van der Waals surface area contributed by atoms with Gasteiger partial charge in [-0.3, -0.25) is 5.32 Å². The van der Waals surface area contributed by atoms with Crippen LogP contribution in [0.5, 0.6) is 0 Å². The van der Waals surface area contributed by atoms with Crippen molar-refractivity contribution in [2.24, 2.45) is 0 Å². The third-order valence-electron chi connectivity index (χ3n) is 2.62. The van der Waals surface area contributed by atoms with E-state index in [4.69, 9.17) is 5.26 Å². The Bertz CT molecular complexity index is 230. The second-order valence-electron chi connectivity index (χ2n) is 4.89. The van der Waals surface area contributed by atoms with Gasteiger partial charge in [-0.15, -0.1) is 0 Å². The molecule has 86 valence electrons. The number of nitrogens with zero attached hydrogens (tertiary/aromatic N) is 1. The van der Waals surface area contributed by atoms with Gasteiger partial charge in [0.2, 0.25) is 0 Å². The van der Waals surface area contributed by atoms with Crippen LogP contribution in [0.4, 0.5) is 0 Å². The second-order valence-corrected chi connectivity index (χ2v) is 6.57. The Balaban J connectivity index is 2.17. The van der Waals surface area contributed by atoms with Crippen molar-refractivity contribution in [1.29, 1.82) is 5.26 Å². The number of nitrogens with one attached hydrogen (secondary N) is 1. The van der Waals surface area contributed by atoms with Crippen LogP contribution in [-0.2, 0) is 0 Å². The van der Waals surface area contributed by atoms with Crippen LogP contribution in [0, 0.1) is 11.3 Å². The van der Waals surface area contributed by atoms with E-state index in [1.165, 1.54) is 18.6 Å². The minimum atomic E-state index is -0.293. The van der Waals surface area contributed by atoms with Crippen molar-refractivity contribution in [2.75, 3.05) is 5.75 Å². The van der Waals surface area contributed by atoms with Gasteiger partial charge in [-0.25, -0.2) is 0 Å². The minimum absolute atomic E-state index is 0.293. The molecule has 0 saturated heterocycles. The lowest BCUT2D eigenvalue weighted by atomic mass is 9.98. The van der Waals surface area contributed by atoms with Crippen LogP contribution in [0.25, 0.3) is 0 Å². The molecular formula is C12H22N2S. The van der Waals surface area contributed by atoms with Crippen LogP contribution < -0.4 is 5.32 Å². The largest absolute Gasteiger partial charge is 0.297 e. The average molecular weight is 226 g/mol. The average Bonchev–Trinajstić information content (AvgIpc) is 2.96. The predicted octanol–water partition coefficient (Wildman–Crippen LogP) is 2.94. The minimum Gasteiger partial charge on any atom is -0.297 e. The first-order valence-corrected chi connectivity index (χ1v) is 6.91. The highest BCUT2D eigenvalue weighted by Crippen LogP contribution is 2.25. The van der Waals surface area contributed by atoms with Crippen LogP contribution in [0.1, 0.15) is 46.5 Å². The molecule has 1 saturated carbocycles. The molecule has 2 nitrogen and oxygen atoms in total. The third-order valence-corrected chi connectivity index (χ3v) is 3.81. The third kappa shape index (κ3) is 5.44. The Labute approximate surface area is 97.8 Å². The predicted molar refractivity (Wildman–Crippen MR) is 67.0 cm³/mol. The Morgan fingerprint density at radius 3 is 2.67 bits per heavy atom. The molecule has 0 aromatic carbocycles. The lowest BCUT2D eigenvalue weighted by molar-refractivity contribution is 0.411. The summed E-state index contributed by atoms with van der Waals surface area (Å²) in [6, 6.07) is 3.04. The normalized spacial score (nSPS) is 19.9. The molecule has 0 heterocycles. The van der Waals surface area contributed by atoms with E-state index in [-0.39, 0.29) is 5.54 Å². The molecule has 0 spiro atoms. The van der Waals surface area contributed by atoms with Gasteiger partial charge in [0.25, 0.3) is 0 Å². The van der Waals surface area contributed by atoms with E-state index in [0.717, 1.165) is 12.8 Å². The topological polar surface area (TPSA) is 35.8 Å². The molecule has 0 aliphatic heterocycles. The zero-order chi connectivity index (χ0) is 11.3. The van der Waals surface area contributed by atoms with Crippen molar-refractivity contribution in [3.05, 3.63) is 0 Å². The first-order valence-electron chi connectivity index (χ1n) is 5.86. The van der Waals surface area contributed by atoms with E-state index in [1.54, 1.807) is 0 Å². The van der Waals surface area contributed by atoms with Crippen molar-refractivity contribution >= 4 is 11.8 Å². The summed E-state index contributed by atoms with van der Waals surface area (Å²) < 4.78 is 0. The molecule has 0 radical (unpaired) electrons. The molecule has 1 N–H and O–H groups in total. The molecule has 1 fully saturated rings. The van der Waals surface area contributed by atoms with Gasteiger partial charge in [0.05, 0.1) is 6.07 Å². The summed E-state index contributed by atoms with van der Waals surface area (Å²) in [5, 5.41) is 13.3. The van der Waals surface area contributed by atoms with E-state index in [9.17, 15) is 0 Å². The lowest BCUT2D eigenvalue weighted by Crippen LogP contribution is -2.42. The Morgan fingerprint density at radius 2 is 2.20 bits per heavy atom. The molecule has 1 aliphatic carbocycles. The number of hydrogen-bond acceptors (Lipinski definition) is 3. The van der Waals surface area contributed by atoms with Crippen molar-refractivity contribution in [2.45, 2.75) is 63.3 Å². The molecule has 0 bridgehead atoms. The molecule has 15 heavy (non-hydrogen) atoms. The highest BCUT2D eigenvalue weighted by molar-refractivity contribution is 7.99. The zero-order valence-corrected chi connectivity index (χ0v) is 10.9. The lowest BCUT2D eigenvalue weighted by Gasteiger charge is -2.23. The SMILES string of the molecule is CC(C)SCCCC(C)(C#N)NC1CC1.